The predicted molar refractivity (Wildman–Crippen MR) is 112 cm³/mol. The third kappa shape index (κ3) is 5.49. The molecule has 0 fully saturated rings. The maximum atomic E-state index is 12.8. The molecule has 30 heavy (non-hydrogen) atoms. The van der Waals surface area contributed by atoms with Crippen LogP contribution in [0.5, 0.6) is 11.8 Å². The number of ether oxygens (including phenoxy) is 2. The molecular weight excluding hydrogens is 408 g/mol. The zero-order valence-corrected chi connectivity index (χ0v) is 17.6. The number of aromatic nitrogens is 2. The number of sulfonamides is 1. The van der Waals surface area contributed by atoms with Crippen LogP contribution in [0.15, 0.2) is 58.4 Å². The van der Waals surface area contributed by atoms with E-state index in [2.05, 4.69) is 26.9 Å². The van der Waals surface area contributed by atoms with Crippen LogP contribution in [-0.4, -0.2) is 45.2 Å². The first-order valence-corrected chi connectivity index (χ1v) is 10.9. The predicted octanol–water partition coefficient (Wildman–Crippen LogP) is 2.92. The Morgan fingerprint density at radius 1 is 1.10 bits per heavy atom. The number of hydrogen-bond donors (Lipinski definition) is 2. The fourth-order valence-electron chi connectivity index (χ4n) is 2.63. The molecule has 1 aromatic carbocycles. The molecule has 0 saturated carbocycles. The lowest BCUT2D eigenvalue weighted by molar-refractivity contribution is 0.296. The van der Waals surface area contributed by atoms with Crippen LogP contribution in [0.3, 0.4) is 0 Å². The Labute approximate surface area is 175 Å². The first kappa shape index (κ1) is 21.6. The van der Waals surface area contributed by atoms with Crippen molar-refractivity contribution in [2.45, 2.75) is 18.2 Å². The highest BCUT2D eigenvalue weighted by molar-refractivity contribution is 7.92. The van der Waals surface area contributed by atoms with Gasteiger partial charge in [-0.1, -0.05) is 19.1 Å². The molecule has 0 aliphatic heterocycles. The van der Waals surface area contributed by atoms with Gasteiger partial charge >= 0.3 is 0 Å². The molecule has 10 heteroatoms. The van der Waals surface area contributed by atoms with Crippen LogP contribution in [0.25, 0.3) is 11.3 Å². The monoisotopic (exact) mass is 432 g/mol. The normalized spacial score (nSPS) is 11.3. The maximum absolute atomic E-state index is 12.8. The van der Waals surface area contributed by atoms with Crippen molar-refractivity contribution in [3.05, 3.63) is 49.1 Å². The zero-order chi connectivity index (χ0) is 21.4. The number of nitrogens with zero attached hydrogens (tertiary/aromatic N) is 2. The largest absolute Gasteiger partial charge is 0.479 e. The first-order chi connectivity index (χ1) is 14.5. The molecule has 3 rings (SSSR count). The van der Waals surface area contributed by atoms with Gasteiger partial charge in [0.25, 0.3) is 10.0 Å². The minimum absolute atomic E-state index is 0.0964. The molecule has 0 radical (unpaired) electrons. The summed E-state index contributed by atoms with van der Waals surface area (Å²) in [5.41, 5.74) is 1.59. The smallest absolute Gasteiger partial charge is 0.262 e. The molecule has 0 aliphatic carbocycles. The van der Waals surface area contributed by atoms with E-state index in [-0.39, 0.29) is 16.5 Å². The van der Waals surface area contributed by atoms with Crippen molar-refractivity contribution in [2.24, 2.45) is 0 Å². The van der Waals surface area contributed by atoms with Crippen molar-refractivity contribution < 1.29 is 22.3 Å². The Bertz CT molecular complexity index is 1040. The summed E-state index contributed by atoms with van der Waals surface area (Å²) in [7, 11) is -2.42. The molecular formula is C20H24N4O5S. The Morgan fingerprint density at radius 3 is 2.57 bits per heavy atom. The Kier molecular flexibility index (Phi) is 7.26. The molecule has 0 spiro atoms. The summed E-state index contributed by atoms with van der Waals surface area (Å²) in [6.45, 7) is 4.14. The van der Waals surface area contributed by atoms with E-state index < -0.39 is 10.0 Å². The van der Waals surface area contributed by atoms with Gasteiger partial charge in [0.1, 0.15) is 24.3 Å². The van der Waals surface area contributed by atoms with Crippen LogP contribution in [-0.2, 0) is 10.0 Å². The molecule has 0 atom stereocenters. The molecule has 9 nitrogen and oxygen atoms in total. The van der Waals surface area contributed by atoms with Gasteiger partial charge in [0.05, 0.1) is 12.0 Å². The van der Waals surface area contributed by atoms with Gasteiger partial charge in [0, 0.05) is 18.2 Å². The molecule has 2 N–H and O–H groups in total. The molecule has 0 bridgehead atoms. The van der Waals surface area contributed by atoms with E-state index in [1.807, 2.05) is 0 Å². The minimum atomic E-state index is -3.84. The summed E-state index contributed by atoms with van der Waals surface area (Å²) in [5.74, 6) is 0.474. The van der Waals surface area contributed by atoms with E-state index in [1.165, 1.54) is 31.9 Å². The average Bonchev–Trinajstić information content (AvgIpc) is 3.29. The Hall–Kier alpha value is -3.11. The average molecular weight is 433 g/mol. The van der Waals surface area contributed by atoms with Crippen molar-refractivity contribution in [3.63, 3.8) is 0 Å². The highest BCUT2D eigenvalue weighted by atomic mass is 32.2. The lowest BCUT2D eigenvalue weighted by Gasteiger charge is -2.13. The molecule has 0 unspecified atom stereocenters. The quantitative estimate of drug-likeness (QED) is 0.445. The zero-order valence-electron chi connectivity index (χ0n) is 16.8. The standard InChI is InChI=1S/C20H24N4O5S/c1-3-10-21-11-12-29-19-9-8-17(20(23-19)27-2)24-30(25,26)16-6-4-15(5-7-16)18-13-28-14-22-18/h4-9,13-14,21,24H,3,10-12H2,1-2H3. The van der Waals surface area contributed by atoms with Gasteiger partial charge in [0.2, 0.25) is 11.8 Å². The molecule has 3 aromatic rings. The topological polar surface area (TPSA) is 116 Å². The lowest BCUT2D eigenvalue weighted by atomic mass is 10.2. The summed E-state index contributed by atoms with van der Waals surface area (Å²) in [5, 5.41) is 3.22. The number of hydrogen-bond acceptors (Lipinski definition) is 8. The molecule has 0 saturated heterocycles. The van der Waals surface area contributed by atoms with Gasteiger partial charge in [-0.15, -0.1) is 0 Å². The fraction of sp³-hybridized carbons (Fsp3) is 0.300. The van der Waals surface area contributed by atoms with Crippen molar-refractivity contribution >= 4 is 15.7 Å². The number of nitrogens with one attached hydrogen (secondary N) is 2. The van der Waals surface area contributed by atoms with Crippen LogP contribution in [0.2, 0.25) is 0 Å². The van der Waals surface area contributed by atoms with Crippen molar-refractivity contribution in [3.8, 4) is 23.0 Å². The van der Waals surface area contributed by atoms with Gasteiger partial charge in [-0.2, -0.15) is 4.98 Å². The van der Waals surface area contributed by atoms with Crippen LogP contribution in [0.4, 0.5) is 5.69 Å². The number of benzene rings is 1. The van der Waals surface area contributed by atoms with Crippen molar-refractivity contribution in [1.82, 2.24) is 15.3 Å². The third-order valence-electron chi connectivity index (χ3n) is 4.12. The maximum Gasteiger partial charge on any atom is 0.262 e. The van der Waals surface area contributed by atoms with E-state index in [4.69, 9.17) is 13.9 Å². The second kappa shape index (κ2) is 10.1. The summed E-state index contributed by atoms with van der Waals surface area (Å²) in [6.07, 6.45) is 3.85. The van der Waals surface area contributed by atoms with E-state index in [0.29, 0.717) is 24.7 Å². The molecule has 2 heterocycles. The van der Waals surface area contributed by atoms with Crippen LogP contribution < -0.4 is 19.5 Å². The van der Waals surface area contributed by atoms with E-state index in [0.717, 1.165) is 18.5 Å². The first-order valence-electron chi connectivity index (χ1n) is 9.43. The second-order valence-corrected chi connectivity index (χ2v) is 7.99. The molecule has 2 aromatic heterocycles. The number of pyridine rings is 1. The third-order valence-corrected chi connectivity index (χ3v) is 5.50. The van der Waals surface area contributed by atoms with Crippen LogP contribution >= 0.6 is 0 Å². The van der Waals surface area contributed by atoms with Gasteiger partial charge < -0.3 is 19.2 Å². The SMILES string of the molecule is CCCNCCOc1ccc(NS(=O)(=O)c2ccc(-c3cocn3)cc2)c(OC)n1. The summed E-state index contributed by atoms with van der Waals surface area (Å²) >= 11 is 0. The van der Waals surface area contributed by atoms with Crippen LogP contribution in [0.1, 0.15) is 13.3 Å². The second-order valence-electron chi connectivity index (χ2n) is 6.31. The van der Waals surface area contributed by atoms with Crippen molar-refractivity contribution in [2.75, 3.05) is 31.5 Å². The van der Waals surface area contributed by atoms with Gasteiger partial charge in [-0.3, -0.25) is 4.72 Å². The van der Waals surface area contributed by atoms with Gasteiger partial charge in [0.15, 0.2) is 6.39 Å². The Morgan fingerprint density at radius 2 is 1.90 bits per heavy atom. The molecule has 0 aliphatic rings. The fourth-order valence-corrected chi connectivity index (χ4v) is 3.69. The molecule has 0 amide bonds. The minimum Gasteiger partial charge on any atom is -0.479 e. The summed E-state index contributed by atoms with van der Waals surface area (Å²) in [4.78, 5) is 8.35. The molecule has 160 valence electrons. The Balaban J connectivity index is 1.69. The van der Waals surface area contributed by atoms with E-state index in [9.17, 15) is 8.42 Å². The number of oxazole rings is 1. The van der Waals surface area contributed by atoms with E-state index in [1.54, 1.807) is 24.3 Å². The summed E-state index contributed by atoms with van der Waals surface area (Å²) in [6, 6.07) is 9.45. The number of anilines is 1. The van der Waals surface area contributed by atoms with Crippen molar-refractivity contribution in [1.29, 1.82) is 0 Å². The van der Waals surface area contributed by atoms with E-state index >= 15 is 0 Å². The van der Waals surface area contributed by atoms with Gasteiger partial charge in [-0.05, 0) is 31.2 Å². The number of rotatable bonds is 11. The number of methoxy groups -OCH3 is 1. The van der Waals surface area contributed by atoms with Crippen LogP contribution in [0, 0.1) is 0 Å². The highest BCUT2D eigenvalue weighted by Gasteiger charge is 2.18. The van der Waals surface area contributed by atoms with Gasteiger partial charge in [-0.25, -0.2) is 13.4 Å². The lowest BCUT2D eigenvalue weighted by Crippen LogP contribution is -2.21. The summed E-state index contributed by atoms with van der Waals surface area (Å²) < 4.78 is 43.8. The highest BCUT2D eigenvalue weighted by Crippen LogP contribution is 2.28.